The van der Waals surface area contributed by atoms with Crippen LogP contribution in [0.25, 0.3) is 10.6 Å². The molecule has 0 fully saturated rings. The van der Waals surface area contributed by atoms with Crippen LogP contribution in [0, 0.1) is 12.7 Å². The molecule has 0 aliphatic rings. The first kappa shape index (κ1) is 15.9. The maximum atomic E-state index is 13.3. The highest BCUT2D eigenvalue weighted by molar-refractivity contribution is 7.15. The van der Waals surface area contributed by atoms with Crippen LogP contribution >= 0.6 is 11.3 Å². The Bertz CT molecular complexity index is 634. The van der Waals surface area contributed by atoms with Crippen LogP contribution in [0.15, 0.2) is 18.2 Å². The Hall–Kier alpha value is -1.47. The number of hydrogen-bond acceptors (Lipinski definition) is 3. The second-order valence-electron chi connectivity index (χ2n) is 4.50. The molecule has 0 radical (unpaired) electrons. The minimum absolute atomic E-state index is 0.187. The van der Waals surface area contributed by atoms with Gasteiger partial charge in [0.25, 0.3) is 0 Å². The average molecular weight is 318 g/mol. The summed E-state index contributed by atoms with van der Waals surface area (Å²) in [6.07, 6.45) is -4.54. The molecule has 0 aliphatic carbocycles. The predicted octanol–water partition coefficient (Wildman–Crippen LogP) is 4.39. The molecule has 0 aliphatic heterocycles. The van der Waals surface area contributed by atoms with Crippen molar-refractivity contribution in [2.24, 2.45) is 0 Å². The second kappa shape index (κ2) is 6.11. The largest absolute Gasteiger partial charge is 0.417 e. The quantitative estimate of drug-likeness (QED) is 0.846. The van der Waals surface area contributed by atoms with E-state index in [1.807, 2.05) is 6.92 Å². The van der Waals surface area contributed by atoms with Crippen molar-refractivity contribution in [2.75, 3.05) is 6.54 Å². The molecule has 0 saturated heterocycles. The van der Waals surface area contributed by atoms with Gasteiger partial charge in [0.1, 0.15) is 10.8 Å². The van der Waals surface area contributed by atoms with Crippen LogP contribution in [0.2, 0.25) is 0 Å². The first-order valence-corrected chi connectivity index (χ1v) is 7.18. The molecule has 0 bridgehead atoms. The Morgan fingerprint density at radius 1 is 1.29 bits per heavy atom. The van der Waals surface area contributed by atoms with Crippen LogP contribution in [0.1, 0.15) is 23.1 Å². The van der Waals surface area contributed by atoms with E-state index in [2.05, 4.69) is 10.3 Å². The fourth-order valence-electron chi connectivity index (χ4n) is 1.89. The minimum Gasteiger partial charge on any atom is -0.312 e. The van der Waals surface area contributed by atoms with Crippen molar-refractivity contribution in [3.8, 4) is 10.6 Å². The molecule has 1 heterocycles. The van der Waals surface area contributed by atoms with E-state index in [4.69, 9.17) is 0 Å². The molecule has 1 aromatic carbocycles. The molecule has 2 aromatic rings. The van der Waals surface area contributed by atoms with E-state index >= 15 is 0 Å². The van der Waals surface area contributed by atoms with Gasteiger partial charge < -0.3 is 5.32 Å². The fourth-order valence-corrected chi connectivity index (χ4v) is 2.95. The molecule has 2 rings (SSSR count). The summed E-state index contributed by atoms with van der Waals surface area (Å²) in [5.74, 6) is -0.709. The minimum atomic E-state index is -4.54. The zero-order valence-electron chi connectivity index (χ0n) is 11.5. The Morgan fingerprint density at radius 2 is 2.00 bits per heavy atom. The lowest BCUT2D eigenvalue weighted by Crippen LogP contribution is -2.11. The SMILES string of the molecule is CCNCc1sc(-c2cc(F)ccc2C(F)(F)F)nc1C. The molecule has 0 atom stereocenters. The van der Waals surface area contributed by atoms with E-state index in [1.165, 1.54) is 0 Å². The van der Waals surface area contributed by atoms with Crippen molar-refractivity contribution in [2.45, 2.75) is 26.6 Å². The second-order valence-corrected chi connectivity index (χ2v) is 5.58. The van der Waals surface area contributed by atoms with Gasteiger partial charge in [-0.1, -0.05) is 6.92 Å². The van der Waals surface area contributed by atoms with Gasteiger partial charge in [0, 0.05) is 17.0 Å². The van der Waals surface area contributed by atoms with Gasteiger partial charge in [0.15, 0.2) is 0 Å². The van der Waals surface area contributed by atoms with E-state index in [0.29, 0.717) is 12.2 Å². The Morgan fingerprint density at radius 3 is 2.62 bits per heavy atom. The van der Waals surface area contributed by atoms with Crippen LogP contribution < -0.4 is 5.32 Å². The van der Waals surface area contributed by atoms with Gasteiger partial charge in [0.05, 0.1) is 11.3 Å². The van der Waals surface area contributed by atoms with Crippen molar-refractivity contribution >= 4 is 11.3 Å². The van der Waals surface area contributed by atoms with E-state index < -0.39 is 17.6 Å². The van der Waals surface area contributed by atoms with Gasteiger partial charge in [-0.2, -0.15) is 13.2 Å². The highest BCUT2D eigenvalue weighted by Crippen LogP contribution is 2.39. The average Bonchev–Trinajstić information content (AvgIpc) is 2.76. The third kappa shape index (κ3) is 3.59. The van der Waals surface area contributed by atoms with Crippen molar-refractivity contribution in [3.63, 3.8) is 0 Å². The molecule has 0 unspecified atom stereocenters. The first-order chi connectivity index (χ1) is 9.82. The highest BCUT2D eigenvalue weighted by Gasteiger charge is 2.34. The summed E-state index contributed by atoms with van der Waals surface area (Å²) < 4.78 is 52.4. The van der Waals surface area contributed by atoms with Crippen LogP contribution in [0.5, 0.6) is 0 Å². The van der Waals surface area contributed by atoms with Gasteiger partial charge in [-0.05, 0) is 31.7 Å². The van der Waals surface area contributed by atoms with Crippen LogP contribution in [0.4, 0.5) is 17.6 Å². The molecule has 0 spiro atoms. The number of rotatable bonds is 4. The summed E-state index contributed by atoms with van der Waals surface area (Å²) >= 11 is 1.15. The summed E-state index contributed by atoms with van der Waals surface area (Å²) in [6.45, 7) is 4.96. The number of alkyl halides is 3. The zero-order chi connectivity index (χ0) is 15.6. The number of benzene rings is 1. The molecule has 21 heavy (non-hydrogen) atoms. The van der Waals surface area contributed by atoms with E-state index in [1.54, 1.807) is 6.92 Å². The van der Waals surface area contributed by atoms with Crippen molar-refractivity contribution in [1.29, 1.82) is 0 Å². The Labute approximate surface area is 123 Å². The number of thiazole rings is 1. The lowest BCUT2D eigenvalue weighted by molar-refractivity contribution is -0.137. The Kier molecular flexibility index (Phi) is 4.63. The predicted molar refractivity (Wildman–Crippen MR) is 74.6 cm³/mol. The zero-order valence-corrected chi connectivity index (χ0v) is 12.3. The molecule has 7 heteroatoms. The lowest BCUT2D eigenvalue weighted by Gasteiger charge is -2.10. The van der Waals surface area contributed by atoms with Crippen molar-refractivity contribution in [3.05, 3.63) is 40.2 Å². The van der Waals surface area contributed by atoms with Gasteiger partial charge in [0.2, 0.25) is 0 Å². The number of halogens is 4. The summed E-state index contributed by atoms with van der Waals surface area (Å²) in [4.78, 5) is 5.01. The van der Waals surface area contributed by atoms with Crippen LogP contribution in [0.3, 0.4) is 0 Å². The number of aromatic nitrogens is 1. The van der Waals surface area contributed by atoms with Gasteiger partial charge in [-0.15, -0.1) is 11.3 Å². The summed E-state index contributed by atoms with van der Waals surface area (Å²) in [5.41, 5.74) is -0.417. The summed E-state index contributed by atoms with van der Waals surface area (Å²) in [5, 5.41) is 3.29. The number of nitrogens with one attached hydrogen (secondary N) is 1. The normalized spacial score (nSPS) is 11.9. The van der Waals surface area contributed by atoms with Gasteiger partial charge in [-0.25, -0.2) is 9.37 Å². The fraction of sp³-hybridized carbons (Fsp3) is 0.357. The first-order valence-electron chi connectivity index (χ1n) is 6.37. The Balaban J connectivity index is 2.49. The topological polar surface area (TPSA) is 24.9 Å². The number of hydrogen-bond donors (Lipinski definition) is 1. The molecule has 114 valence electrons. The standard InChI is InChI=1S/C14H14F4N2S/c1-3-19-7-12-8(2)20-13(21-12)10-6-9(15)4-5-11(10)14(16,17)18/h4-6,19H,3,7H2,1-2H3. The van der Waals surface area contributed by atoms with Crippen molar-refractivity contribution < 1.29 is 17.6 Å². The summed E-state index contributed by atoms with van der Waals surface area (Å²) in [6, 6.07) is 2.45. The molecular weight excluding hydrogens is 304 g/mol. The molecule has 0 amide bonds. The molecular formula is C14H14F4N2S. The van der Waals surface area contributed by atoms with Crippen molar-refractivity contribution in [1.82, 2.24) is 10.3 Å². The van der Waals surface area contributed by atoms with Crippen LogP contribution in [-0.2, 0) is 12.7 Å². The molecule has 1 aromatic heterocycles. The number of nitrogens with zero attached hydrogens (tertiary/aromatic N) is 1. The van der Waals surface area contributed by atoms with E-state index in [9.17, 15) is 17.6 Å². The van der Waals surface area contributed by atoms with Gasteiger partial charge in [-0.3, -0.25) is 0 Å². The van der Waals surface area contributed by atoms with Gasteiger partial charge >= 0.3 is 6.18 Å². The van der Waals surface area contributed by atoms with Crippen LogP contribution in [-0.4, -0.2) is 11.5 Å². The third-order valence-corrected chi connectivity index (χ3v) is 4.14. The number of aryl methyl sites for hydroxylation is 1. The molecule has 2 nitrogen and oxygen atoms in total. The van der Waals surface area contributed by atoms with E-state index in [-0.39, 0.29) is 10.6 Å². The molecule has 0 saturated carbocycles. The third-order valence-electron chi connectivity index (χ3n) is 2.95. The smallest absolute Gasteiger partial charge is 0.312 e. The highest BCUT2D eigenvalue weighted by atomic mass is 32.1. The molecule has 1 N–H and O–H groups in total. The lowest BCUT2D eigenvalue weighted by atomic mass is 10.1. The summed E-state index contributed by atoms with van der Waals surface area (Å²) in [7, 11) is 0. The van der Waals surface area contributed by atoms with E-state index in [0.717, 1.165) is 41.0 Å². The maximum absolute atomic E-state index is 13.3. The maximum Gasteiger partial charge on any atom is 0.417 e. The monoisotopic (exact) mass is 318 g/mol.